The van der Waals surface area contributed by atoms with Crippen molar-refractivity contribution in [1.29, 1.82) is 0 Å². The number of aromatic nitrogens is 2. The zero-order valence-electron chi connectivity index (χ0n) is 15.4. The fraction of sp³-hybridized carbons (Fsp3) is 0.250. The first-order valence-corrected chi connectivity index (χ1v) is 9.47. The monoisotopic (exact) mass is 384 g/mol. The van der Waals surface area contributed by atoms with E-state index in [2.05, 4.69) is 46.6 Å². The van der Waals surface area contributed by atoms with Gasteiger partial charge >= 0.3 is 0 Å². The highest BCUT2D eigenvalue weighted by Gasteiger charge is 2.15. The van der Waals surface area contributed by atoms with Gasteiger partial charge < -0.3 is 10.6 Å². The summed E-state index contributed by atoms with van der Waals surface area (Å²) >= 11 is 1.24. The van der Waals surface area contributed by atoms with Crippen molar-refractivity contribution < 1.29 is 9.18 Å². The van der Waals surface area contributed by atoms with Crippen molar-refractivity contribution in [1.82, 2.24) is 15.3 Å². The fourth-order valence-electron chi connectivity index (χ4n) is 2.50. The third-order valence-corrected chi connectivity index (χ3v) is 5.14. The van der Waals surface area contributed by atoms with Gasteiger partial charge in [-0.2, -0.15) is 0 Å². The number of rotatable bonds is 6. The number of hydrogen-bond acceptors (Lipinski definition) is 5. The zero-order chi connectivity index (χ0) is 19.4. The molecular formula is C20H21FN4OS. The maximum atomic E-state index is 12.9. The van der Waals surface area contributed by atoms with Gasteiger partial charge in [0, 0.05) is 6.54 Å². The molecular weight excluding hydrogens is 363 g/mol. The fourth-order valence-corrected chi connectivity index (χ4v) is 3.39. The van der Waals surface area contributed by atoms with Crippen molar-refractivity contribution in [2.24, 2.45) is 0 Å². The number of carbonyl (C=O) groups excluding carboxylic acids is 1. The molecule has 3 rings (SSSR count). The Kier molecular flexibility index (Phi) is 5.81. The molecule has 5 nitrogen and oxygen atoms in total. The molecule has 0 unspecified atom stereocenters. The van der Waals surface area contributed by atoms with Crippen LogP contribution in [0.25, 0.3) is 0 Å². The van der Waals surface area contributed by atoms with Crippen LogP contribution in [0.15, 0.2) is 42.6 Å². The molecule has 0 bridgehead atoms. The second-order valence-corrected chi connectivity index (χ2v) is 7.50. The Balaban J connectivity index is 1.62. The lowest BCUT2D eigenvalue weighted by Gasteiger charge is -2.08. The number of anilines is 2. The lowest BCUT2D eigenvalue weighted by Crippen LogP contribution is -2.22. The summed E-state index contributed by atoms with van der Waals surface area (Å²) in [5.74, 6) is 0.382. The molecule has 7 heteroatoms. The van der Waals surface area contributed by atoms with Crippen LogP contribution in [0.4, 0.5) is 15.3 Å². The predicted octanol–water partition coefficient (Wildman–Crippen LogP) is 4.78. The summed E-state index contributed by atoms with van der Waals surface area (Å²) < 4.78 is 12.9. The Labute approximate surface area is 161 Å². The highest BCUT2D eigenvalue weighted by atomic mass is 32.1. The van der Waals surface area contributed by atoms with Crippen LogP contribution in [-0.4, -0.2) is 15.9 Å². The molecule has 0 saturated carbocycles. The van der Waals surface area contributed by atoms with Crippen LogP contribution in [0.5, 0.6) is 0 Å². The van der Waals surface area contributed by atoms with Gasteiger partial charge in [0.05, 0.1) is 11.9 Å². The van der Waals surface area contributed by atoms with Gasteiger partial charge in [-0.15, -0.1) is 0 Å². The third-order valence-electron chi connectivity index (χ3n) is 4.06. The molecule has 0 aliphatic rings. The molecule has 1 aromatic carbocycles. The molecule has 2 N–H and O–H groups in total. The molecule has 140 valence electrons. The van der Waals surface area contributed by atoms with E-state index in [9.17, 15) is 9.18 Å². The van der Waals surface area contributed by atoms with Crippen molar-refractivity contribution in [2.75, 3.05) is 5.32 Å². The standard InChI is InChI=1S/C20H21FN4OS/c1-12(2)15-6-4-14(5-7-15)10-23-19(26)18-13(3)24-20(27-18)25-17-9-8-16(21)11-22-17/h4-9,11-12H,10H2,1-3H3,(H,23,26)(H,22,24,25). The number of amides is 1. The minimum absolute atomic E-state index is 0.168. The summed E-state index contributed by atoms with van der Waals surface area (Å²) in [6.45, 7) is 6.54. The van der Waals surface area contributed by atoms with Gasteiger partial charge in [-0.1, -0.05) is 49.4 Å². The third kappa shape index (κ3) is 4.89. The summed E-state index contributed by atoms with van der Waals surface area (Å²) in [6, 6.07) is 11.1. The average molecular weight is 384 g/mol. The van der Waals surface area contributed by atoms with E-state index >= 15 is 0 Å². The van der Waals surface area contributed by atoms with E-state index in [-0.39, 0.29) is 5.91 Å². The molecule has 0 fully saturated rings. The number of hydrogen-bond donors (Lipinski definition) is 2. The lowest BCUT2D eigenvalue weighted by molar-refractivity contribution is 0.0954. The number of nitrogens with one attached hydrogen (secondary N) is 2. The SMILES string of the molecule is Cc1nc(Nc2ccc(F)cn2)sc1C(=O)NCc1ccc(C(C)C)cc1. The normalized spacial score (nSPS) is 10.9. The molecule has 3 aromatic rings. The van der Waals surface area contributed by atoms with Gasteiger partial charge in [-0.3, -0.25) is 4.79 Å². The van der Waals surface area contributed by atoms with E-state index in [0.717, 1.165) is 11.8 Å². The van der Waals surface area contributed by atoms with E-state index in [4.69, 9.17) is 0 Å². The summed E-state index contributed by atoms with van der Waals surface area (Å²) in [6.07, 6.45) is 1.13. The van der Waals surface area contributed by atoms with Crippen LogP contribution in [-0.2, 0) is 6.54 Å². The molecule has 0 aliphatic carbocycles. The summed E-state index contributed by atoms with van der Waals surface area (Å²) in [4.78, 5) is 21.3. The van der Waals surface area contributed by atoms with E-state index < -0.39 is 5.82 Å². The maximum Gasteiger partial charge on any atom is 0.263 e. The quantitative estimate of drug-likeness (QED) is 0.642. The Morgan fingerprint density at radius 1 is 1.19 bits per heavy atom. The van der Waals surface area contributed by atoms with E-state index in [1.165, 1.54) is 29.0 Å². The number of nitrogens with zero attached hydrogens (tertiary/aromatic N) is 2. The molecule has 0 radical (unpaired) electrons. The predicted molar refractivity (Wildman–Crippen MR) is 106 cm³/mol. The molecule has 1 amide bonds. The first-order chi connectivity index (χ1) is 12.9. The topological polar surface area (TPSA) is 66.9 Å². The van der Waals surface area contributed by atoms with Crippen LogP contribution in [0.3, 0.4) is 0 Å². The van der Waals surface area contributed by atoms with E-state index in [1.807, 2.05) is 12.1 Å². The lowest BCUT2D eigenvalue weighted by atomic mass is 10.0. The average Bonchev–Trinajstić information content (AvgIpc) is 3.02. The van der Waals surface area contributed by atoms with Crippen LogP contribution in [0, 0.1) is 12.7 Å². The molecule has 0 atom stereocenters. The van der Waals surface area contributed by atoms with Crippen LogP contribution >= 0.6 is 11.3 Å². The Hall–Kier alpha value is -2.80. The first kappa shape index (κ1) is 19.0. The summed E-state index contributed by atoms with van der Waals surface area (Å²) in [7, 11) is 0. The summed E-state index contributed by atoms with van der Waals surface area (Å²) in [5, 5.41) is 6.46. The van der Waals surface area contributed by atoms with Crippen molar-refractivity contribution in [3.05, 3.63) is 70.1 Å². The van der Waals surface area contributed by atoms with Crippen LogP contribution in [0.2, 0.25) is 0 Å². The molecule has 27 heavy (non-hydrogen) atoms. The highest BCUT2D eigenvalue weighted by molar-refractivity contribution is 7.17. The van der Waals surface area contributed by atoms with Gasteiger partial charge in [0.1, 0.15) is 16.5 Å². The van der Waals surface area contributed by atoms with Crippen molar-refractivity contribution >= 4 is 28.2 Å². The smallest absolute Gasteiger partial charge is 0.263 e. The molecule has 2 aromatic heterocycles. The molecule has 0 saturated heterocycles. The van der Waals surface area contributed by atoms with Gasteiger partial charge in [-0.25, -0.2) is 14.4 Å². The second-order valence-electron chi connectivity index (χ2n) is 6.50. The first-order valence-electron chi connectivity index (χ1n) is 8.65. The Bertz CT molecular complexity index is 920. The van der Waals surface area contributed by atoms with Crippen molar-refractivity contribution in [2.45, 2.75) is 33.2 Å². The van der Waals surface area contributed by atoms with Crippen molar-refractivity contribution in [3.8, 4) is 0 Å². The van der Waals surface area contributed by atoms with Gasteiger partial charge in [-0.05, 0) is 36.1 Å². The number of halogens is 1. The van der Waals surface area contributed by atoms with E-state index in [0.29, 0.717) is 34.0 Å². The Morgan fingerprint density at radius 2 is 1.93 bits per heavy atom. The van der Waals surface area contributed by atoms with Crippen LogP contribution in [0.1, 0.15) is 46.3 Å². The highest BCUT2D eigenvalue weighted by Crippen LogP contribution is 2.25. The van der Waals surface area contributed by atoms with Gasteiger partial charge in [0.15, 0.2) is 5.13 Å². The molecule has 2 heterocycles. The Morgan fingerprint density at radius 3 is 2.56 bits per heavy atom. The van der Waals surface area contributed by atoms with Crippen molar-refractivity contribution in [3.63, 3.8) is 0 Å². The maximum absolute atomic E-state index is 12.9. The van der Waals surface area contributed by atoms with E-state index in [1.54, 1.807) is 6.92 Å². The minimum atomic E-state index is -0.405. The number of benzene rings is 1. The number of aryl methyl sites for hydroxylation is 1. The zero-order valence-corrected chi connectivity index (χ0v) is 16.2. The minimum Gasteiger partial charge on any atom is -0.347 e. The second kappa shape index (κ2) is 8.26. The largest absolute Gasteiger partial charge is 0.347 e. The van der Waals surface area contributed by atoms with Gasteiger partial charge in [0.2, 0.25) is 0 Å². The number of carbonyl (C=O) groups is 1. The number of thiazole rings is 1. The summed E-state index contributed by atoms with van der Waals surface area (Å²) in [5.41, 5.74) is 2.95. The number of pyridine rings is 1. The molecule has 0 aliphatic heterocycles. The van der Waals surface area contributed by atoms with Crippen LogP contribution < -0.4 is 10.6 Å². The van der Waals surface area contributed by atoms with Gasteiger partial charge in [0.25, 0.3) is 5.91 Å². The molecule has 0 spiro atoms.